The minimum Gasteiger partial charge on any atom is -0.481 e. The Morgan fingerprint density at radius 1 is 1.53 bits per heavy atom. The van der Waals surface area contributed by atoms with Crippen LogP contribution < -0.4 is 0 Å². The van der Waals surface area contributed by atoms with Crippen LogP contribution in [0.1, 0.15) is 18.2 Å². The Labute approximate surface area is 86.4 Å². The number of aromatic nitrogens is 3. The van der Waals surface area contributed by atoms with Crippen LogP contribution in [0.3, 0.4) is 0 Å². The van der Waals surface area contributed by atoms with Gasteiger partial charge in [0.15, 0.2) is 0 Å². The van der Waals surface area contributed by atoms with Gasteiger partial charge in [0.1, 0.15) is 0 Å². The number of aliphatic carboxylic acids is 1. The van der Waals surface area contributed by atoms with E-state index in [1.807, 2.05) is 13.1 Å². The fraction of sp³-hybridized carbons (Fsp3) is 0.300. The highest BCUT2D eigenvalue weighted by molar-refractivity contribution is 5.69. The average Bonchev–Trinajstić information content (AvgIpc) is 2.57. The van der Waals surface area contributed by atoms with Gasteiger partial charge in [0.2, 0.25) is 5.78 Å². The van der Waals surface area contributed by atoms with Crippen molar-refractivity contribution in [1.29, 1.82) is 0 Å². The zero-order valence-electron chi connectivity index (χ0n) is 8.34. The molecule has 0 bridgehead atoms. The summed E-state index contributed by atoms with van der Waals surface area (Å²) in [6.07, 6.45) is 6.21. The van der Waals surface area contributed by atoms with Crippen molar-refractivity contribution in [2.24, 2.45) is 0 Å². The number of rotatable bonds is 3. The number of carbonyl (C=O) groups is 1. The molecule has 0 unspecified atom stereocenters. The Bertz CT molecular complexity index is 504. The van der Waals surface area contributed by atoms with Crippen LogP contribution in [0.25, 0.3) is 5.78 Å². The van der Waals surface area contributed by atoms with Gasteiger partial charge in [0.25, 0.3) is 0 Å². The lowest BCUT2D eigenvalue weighted by Gasteiger charge is -1.95. The predicted octanol–water partition coefficient (Wildman–Crippen LogP) is 0.919. The van der Waals surface area contributed by atoms with Crippen LogP contribution in [0, 0.1) is 0 Å². The summed E-state index contributed by atoms with van der Waals surface area (Å²) in [5.41, 5.74) is 1.63. The molecule has 0 saturated carbocycles. The van der Waals surface area contributed by atoms with Crippen molar-refractivity contribution in [3.05, 3.63) is 29.8 Å². The van der Waals surface area contributed by atoms with Crippen molar-refractivity contribution < 1.29 is 9.90 Å². The number of carboxylic acids is 1. The Balaban J connectivity index is 2.42. The van der Waals surface area contributed by atoms with Gasteiger partial charge < -0.3 is 5.11 Å². The molecule has 15 heavy (non-hydrogen) atoms. The third-order valence-electron chi connectivity index (χ3n) is 2.15. The van der Waals surface area contributed by atoms with Crippen molar-refractivity contribution >= 4 is 11.7 Å². The molecule has 2 heterocycles. The second kappa shape index (κ2) is 3.68. The van der Waals surface area contributed by atoms with Gasteiger partial charge in [-0.05, 0) is 12.0 Å². The fourth-order valence-corrected chi connectivity index (χ4v) is 1.40. The average molecular weight is 205 g/mol. The monoisotopic (exact) mass is 205 g/mol. The molecule has 0 aliphatic rings. The van der Waals surface area contributed by atoms with Crippen LogP contribution in [-0.2, 0) is 17.6 Å². The maximum atomic E-state index is 10.5. The van der Waals surface area contributed by atoms with Crippen LogP contribution in [0.2, 0.25) is 0 Å². The first-order chi connectivity index (χ1) is 7.19. The Morgan fingerprint density at radius 3 is 3.00 bits per heavy atom. The van der Waals surface area contributed by atoms with Crippen LogP contribution >= 0.6 is 0 Å². The quantitative estimate of drug-likeness (QED) is 0.809. The van der Waals surface area contributed by atoms with Gasteiger partial charge >= 0.3 is 5.97 Å². The van der Waals surface area contributed by atoms with Crippen LogP contribution in [0.15, 0.2) is 18.6 Å². The number of hydrogen-bond donors (Lipinski definition) is 1. The summed E-state index contributed by atoms with van der Waals surface area (Å²) < 4.78 is 1.76. The molecule has 0 spiro atoms. The molecule has 5 heteroatoms. The van der Waals surface area contributed by atoms with E-state index < -0.39 is 5.97 Å². The van der Waals surface area contributed by atoms with Crippen LogP contribution in [0.5, 0.6) is 0 Å². The predicted molar refractivity (Wildman–Crippen MR) is 53.7 cm³/mol. The van der Waals surface area contributed by atoms with E-state index in [2.05, 4.69) is 9.97 Å². The van der Waals surface area contributed by atoms with Gasteiger partial charge in [-0.2, -0.15) is 0 Å². The summed E-state index contributed by atoms with van der Waals surface area (Å²) in [6, 6.07) is 0. The zero-order valence-corrected chi connectivity index (χ0v) is 8.34. The van der Waals surface area contributed by atoms with Crippen molar-refractivity contribution in [3.8, 4) is 0 Å². The second-order valence-corrected chi connectivity index (χ2v) is 3.33. The second-order valence-electron chi connectivity index (χ2n) is 3.33. The highest BCUT2D eigenvalue weighted by atomic mass is 16.4. The summed E-state index contributed by atoms with van der Waals surface area (Å²) in [7, 11) is 0. The molecule has 2 aromatic rings. The molecule has 0 radical (unpaired) electrons. The molecule has 0 atom stereocenters. The highest BCUT2D eigenvalue weighted by Crippen LogP contribution is 2.05. The molecule has 1 N–H and O–H groups in total. The van der Waals surface area contributed by atoms with Gasteiger partial charge in [-0.25, -0.2) is 9.97 Å². The van der Waals surface area contributed by atoms with Crippen molar-refractivity contribution in [2.45, 2.75) is 19.8 Å². The summed E-state index contributed by atoms with van der Waals surface area (Å²) in [6.45, 7) is 2.04. The van der Waals surface area contributed by atoms with Crippen molar-refractivity contribution in [1.82, 2.24) is 14.4 Å². The van der Waals surface area contributed by atoms with E-state index >= 15 is 0 Å². The normalized spacial score (nSPS) is 10.7. The van der Waals surface area contributed by atoms with Gasteiger partial charge in [-0.15, -0.1) is 0 Å². The number of imidazole rings is 1. The molecular formula is C10H11N3O2. The van der Waals surface area contributed by atoms with Gasteiger partial charge in [0.05, 0.1) is 12.1 Å². The minimum absolute atomic E-state index is 0.0647. The van der Waals surface area contributed by atoms with Crippen LogP contribution in [0.4, 0.5) is 0 Å². The molecular weight excluding hydrogens is 194 g/mol. The first kappa shape index (κ1) is 9.64. The summed E-state index contributed by atoms with van der Waals surface area (Å²) in [5.74, 6) is -0.336. The van der Waals surface area contributed by atoms with Crippen molar-refractivity contribution in [3.63, 3.8) is 0 Å². The van der Waals surface area contributed by atoms with Crippen LogP contribution in [-0.4, -0.2) is 25.4 Å². The van der Waals surface area contributed by atoms with E-state index in [-0.39, 0.29) is 6.42 Å². The Kier molecular flexibility index (Phi) is 2.37. The number of fused-ring (bicyclic) bond motifs is 1. The largest absolute Gasteiger partial charge is 0.481 e. The number of carboxylic acid groups (broad SMARTS) is 1. The summed E-state index contributed by atoms with van der Waals surface area (Å²) in [5, 5.41) is 8.62. The van der Waals surface area contributed by atoms with E-state index in [0.717, 1.165) is 12.0 Å². The van der Waals surface area contributed by atoms with Gasteiger partial charge in [-0.3, -0.25) is 9.20 Å². The summed E-state index contributed by atoms with van der Waals surface area (Å²) >= 11 is 0. The molecule has 78 valence electrons. The lowest BCUT2D eigenvalue weighted by Crippen LogP contribution is -1.99. The molecule has 2 rings (SSSR count). The van der Waals surface area contributed by atoms with E-state index in [1.165, 1.54) is 0 Å². The minimum atomic E-state index is -0.880. The molecule has 5 nitrogen and oxygen atoms in total. The lowest BCUT2D eigenvalue weighted by atomic mass is 10.3. The molecule has 0 aromatic carbocycles. The molecule has 0 saturated heterocycles. The maximum absolute atomic E-state index is 10.5. The smallest absolute Gasteiger partial charge is 0.309 e. The number of hydrogen-bond acceptors (Lipinski definition) is 3. The van der Waals surface area contributed by atoms with E-state index in [9.17, 15) is 4.79 Å². The molecule has 0 aliphatic carbocycles. The van der Waals surface area contributed by atoms with Gasteiger partial charge in [0, 0.05) is 18.6 Å². The van der Waals surface area contributed by atoms with Crippen molar-refractivity contribution in [2.75, 3.05) is 0 Å². The maximum Gasteiger partial charge on any atom is 0.309 e. The fourth-order valence-electron chi connectivity index (χ4n) is 1.40. The molecule has 0 fully saturated rings. The lowest BCUT2D eigenvalue weighted by molar-refractivity contribution is -0.136. The first-order valence-electron chi connectivity index (χ1n) is 4.73. The highest BCUT2D eigenvalue weighted by Gasteiger charge is 2.06. The summed E-state index contributed by atoms with van der Waals surface area (Å²) in [4.78, 5) is 18.7. The third kappa shape index (κ3) is 1.96. The number of nitrogens with zero attached hydrogens (tertiary/aromatic N) is 3. The van der Waals surface area contributed by atoms with E-state index in [1.54, 1.807) is 16.8 Å². The number of aryl methyl sites for hydroxylation is 1. The molecule has 0 aliphatic heterocycles. The van der Waals surface area contributed by atoms with E-state index in [0.29, 0.717) is 11.5 Å². The van der Waals surface area contributed by atoms with Gasteiger partial charge in [-0.1, -0.05) is 6.92 Å². The molecule has 0 amide bonds. The Morgan fingerprint density at radius 2 is 2.33 bits per heavy atom. The first-order valence-corrected chi connectivity index (χ1v) is 4.73. The van der Waals surface area contributed by atoms with E-state index in [4.69, 9.17) is 5.11 Å². The topological polar surface area (TPSA) is 67.5 Å². The zero-order chi connectivity index (χ0) is 10.8. The third-order valence-corrected chi connectivity index (χ3v) is 2.15. The molecule has 2 aromatic heterocycles. The SMILES string of the molecule is CCc1cnc2nc(CC(=O)O)cn2c1. The Hall–Kier alpha value is -1.91. The standard InChI is InChI=1S/C10H11N3O2/c1-2-7-4-11-10-12-8(3-9(14)15)6-13(10)5-7/h4-6H,2-3H2,1H3,(H,14,15).